The van der Waals surface area contributed by atoms with Crippen LogP contribution in [-0.4, -0.2) is 50.6 Å². The van der Waals surface area contributed by atoms with Crippen LogP contribution >= 0.6 is 0 Å². The zero-order valence-electron chi connectivity index (χ0n) is 21.8. The number of fused-ring (bicyclic) bond motifs is 1. The fourth-order valence-corrected chi connectivity index (χ4v) is 5.08. The monoisotopic (exact) mass is 498 g/mol. The maximum atomic E-state index is 13.5. The molecule has 1 aliphatic carbocycles. The quantitative estimate of drug-likeness (QED) is 0.402. The average molecular weight is 499 g/mol. The Morgan fingerprint density at radius 3 is 2.46 bits per heavy atom. The molecule has 37 heavy (non-hydrogen) atoms. The molecule has 1 saturated carbocycles. The molecule has 1 N–H and O–H groups in total. The summed E-state index contributed by atoms with van der Waals surface area (Å²) < 4.78 is 11.0. The maximum Gasteiger partial charge on any atom is 0.251 e. The number of carbonyl (C=O) groups is 2. The number of benzene rings is 3. The molecule has 5 rings (SSSR count). The van der Waals surface area contributed by atoms with Crippen LogP contribution in [0.1, 0.15) is 46.3 Å². The predicted octanol–water partition coefficient (Wildman–Crippen LogP) is 4.92. The Kier molecular flexibility index (Phi) is 7.02. The van der Waals surface area contributed by atoms with Crippen molar-refractivity contribution in [3.8, 4) is 22.6 Å². The lowest BCUT2D eigenvalue weighted by atomic mass is 9.85. The Bertz CT molecular complexity index is 1310. The summed E-state index contributed by atoms with van der Waals surface area (Å²) in [4.78, 5) is 28.1. The number of hydrogen-bond acceptors (Lipinski definition) is 5. The van der Waals surface area contributed by atoms with E-state index in [9.17, 15) is 9.59 Å². The summed E-state index contributed by atoms with van der Waals surface area (Å²) in [6.07, 6.45) is 3.03. The third kappa shape index (κ3) is 5.25. The van der Waals surface area contributed by atoms with Crippen LogP contribution in [0.5, 0.6) is 11.5 Å². The zero-order chi connectivity index (χ0) is 26.0. The van der Waals surface area contributed by atoms with Crippen molar-refractivity contribution in [3.63, 3.8) is 0 Å². The van der Waals surface area contributed by atoms with E-state index < -0.39 is 5.41 Å². The Balaban J connectivity index is 1.28. The maximum absolute atomic E-state index is 13.5. The van der Waals surface area contributed by atoms with Crippen molar-refractivity contribution in [2.24, 2.45) is 0 Å². The normalized spacial score (nSPS) is 15.0. The molecule has 6 nitrogen and oxygen atoms in total. The summed E-state index contributed by atoms with van der Waals surface area (Å²) in [5, 5.41) is 2.98. The fourth-order valence-electron chi connectivity index (χ4n) is 5.08. The molecule has 6 heteroatoms. The number of carbonyl (C=O) groups excluding carboxylic acids is 2. The molecule has 0 bridgehead atoms. The first-order valence-corrected chi connectivity index (χ1v) is 12.9. The van der Waals surface area contributed by atoms with E-state index in [-0.39, 0.29) is 18.5 Å². The van der Waals surface area contributed by atoms with Crippen molar-refractivity contribution in [2.45, 2.75) is 38.0 Å². The fraction of sp³-hybridized carbons (Fsp3) is 0.355. The molecule has 1 amide bonds. The van der Waals surface area contributed by atoms with E-state index in [1.807, 2.05) is 68.7 Å². The second-order valence-electron chi connectivity index (χ2n) is 10.3. The van der Waals surface area contributed by atoms with Gasteiger partial charge in [0.1, 0.15) is 5.78 Å². The van der Waals surface area contributed by atoms with E-state index in [0.29, 0.717) is 18.5 Å². The molecule has 0 unspecified atom stereocenters. The zero-order valence-corrected chi connectivity index (χ0v) is 21.8. The number of hydrogen-bond donors (Lipinski definition) is 1. The van der Waals surface area contributed by atoms with Crippen LogP contribution in [0, 0.1) is 6.92 Å². The molecular formula is C31H34N2O4. The average Bonchev–Trinajstić information content (AvgIpc) is 3.58. The smallest absolute Gasteiger partial charge is 0.251 e. The van der Waals surface area contributed by atoms with Gasteiger partial charge in [0.25, 0.3) is 5.91 Å². The second kappa shape index (κ2) is 10.4. The van der Waals surface area contributed by atoms with Crippen molar-refractivity contribution >= 4 is 11.7 Å². The van der Waals surface area contributed by atoms with Crippen molar-refractivity contribution in [1.82, 2.24) is 10.2 Å². The van der Waals surface area contributed by atoms with E-state index >= 15 is 0 Å². The molecule has 0 saturated heterocycles. The minimum Gasteiger partial charge on any atom is -0.454 e. The first-order valence-electron chi connectivity index (χ1n) is 12.9. The van der Waals surface area contributed by atoms with Gasteiger partial charge >= 0.3 is 0 Å². The predicted molar refractivity (Wildman–Crippen MR) is 144 cm³/mol. The van der Waals surface area contributed by atoms with Gasteiger partial charge in [-0.15, -0.1) is 0 Å². The van der Waals surface area contributed by atoms with Crippen LogP contribution in [-0.2, 0) is 16.6 Å². The summed E-state index contributed by atoms with van der Waals surface area (Å²) in [5.41, 5.74) is 5.49. The van der Waals surface area contributed by atoms with Crippen LogP contribution in [0.4, 0.5) is 0 Å². The van der Waals surface area contributed by atoms with Crippen LogP contribution in [0.3, 0.4) is 0 Å². The van der Waals surface area contributed by atoms with E-state index in [4.69, 9.17) is 9.47 Å². The highest BCUT2D eigenvalue weighted by molar-refractivity contribution is 5.96. The SMILES string of the molecule is Cc1c(CC(=O)C2(c3ccc4c(c3)OCO4)CC2)cccc1-c1ccc(C(=O)NCCCN(C)C)cc1. The number of nitrogens with zero attached hydrogens (tertiary/aromatic N) is 1. The molecule has 0 atom stereocenters. The minimum atomic E-state index is -0.426. The molecule has 2 aliphatic rings. The highest BCUT2D eigenvalue weighted by Crippen LogP contribution is 2.51. The Hall–Kier alpha value is -3.64. The number of ether oxygens (including phenoxy) is 2. The highest BCUT2D eigenvalue weighted by Gasteiger charge is 2.50. The summed E-state index contributed by atoms with van der Waals surface area (Å²) in [6.45, 7) is 3.90. The van der Waals surface area contributed by atoms with Crippen molar-refractivity contribution in [2.75, 3.05) is 34.0 Å². The first-order chi connectivity index (χ1) is 17.9. The molecule has 1 fully saturated rings. The molecule has 0 spiro atoms. The first kappa shape index (κ1) is 25.0. The molecule has 0 aromatic heterocycles. The Morgan fingerprint density at radius 1 is 0.973 bits per heavy atom. The van der Waals surface area contributed by atoms with Crippen molar-refractivity contribution < 1.29 is 19.1 Å². The van der Waals surface area contributed by atoms with E-state index in [1.165, 1.54) is 0 Å². The van der Waals surface area contributed by atoms with Gasteiger partial charge in [-0.1, -0.05) is 36.4 Å². The van der Waals surface area contributed by atoms with Crippen LogP contribution in [0.25, 0.3) is 11.1 Å². The Labute approximate surface area is 218 Å². The lowest BCUT2D eigenvalue weighted by Crippen LogP contribution is -2.27. The molecule has 1 aliphatic heterocycles. The van der Waals surface area contributed by atoms with E-state index in [0.717, 1.165) is 65.1 Å². The van der Waals surface area contributed by atoms with Gasteiger partial charge in [0.2, 0.25) is 6.79 Å². The van der Waals surface area contributed by atoms with Crippen molar-refractivity contribution in [3.05, 3.63) is 82.9 Å². The standard InChI is InChI=1S/C31H34N2O4/c1-21-24(18-29(34)31(14-15-31)25-12-13-27-28(19-25)37-20-36-27)6-4-7-26(21)22-8-10-23(11-9-22)30(35)32-16-5-17-33(2)3/h4,6-13,19H,5,14-18,20H2,1-3H3,(H,32,35). The van der Waals surface area contributed by atoms with Gasteiger partial charge in [-0.3, -0.25) is 9.59 Å². The molecule has 3 aromatic carbocycles. The van der Waals surface area contributed by atoms with Gasteiger partial charge in [0.05, 0.1) is 5.41 Å². The molecule has 0 radical (unpaired) electrons. The second-order valence-corrected chi connectivity index (χ2v) is 10.3. The number of amides is 1. The minimum absolute atomic E-state index is 0.0559. The summed E-state index contributed by atoms with van der Waals surface area (Å²) >= 11 is 0. The number of rotatable bonds is 10. The lowest BCUT2D eigenvalue weighted by molar-refractivity contribution is -0.120. The van der Waals surface area contributed by atoms with E-state index in [2.05, 4.69) is 23.2 Å². The summed E-state index contributed by atoms with van der Waals surface area (Å²) in [6, 6.07) is 19.7. The molecule has 3 aromatic rings. The van der Waals surface area contributed by atoms with Gasteiger partial charge in [-0.25, -0.2) is 0 Å². The third-order valence-corrected chi connectivity index (χ3v) is 7.53. The van der Waals surface area contributed by atoms with Crippen molar-refractivity contribution in [1.29, 1.82) is 0 Å². The number of ketones is 1. The lowest BCUT2D eigenvalue weighted by Gasteiger charge is -2.17. The number of Topliss-reactive ketones (excluding diaryl/α,β-unsaturated/α-hetero) is 1. The number of nitrogens with one attached hydrogen (secondary N) is 1. The van der Waals surface area contributed by atoms with Gasteiger partial charge in [-0.05, 0) is 98.9 Å². The van der Waals surface area contributed by atoms with Crippen LogP contribution in [0.2, 0.25) is 0 Å². The van der Waals surface area contributed by atoms with Crippen LogP contribution < -0.4 is 14.8 Å². The molecule has 1 heterocycles. The van der Waals surface area contributed by atoms with Gasteiger partial charge in [-0.2, -0.15) is 0 Å². The van der Waals surface area contributed by atoms with Crippen LogP contribution in [0.15, 0.2) is 60.7 Å². The molecular weight excluding hydrogens is 464 g/mol. The van der Waals surface area contributed by atoms with E-state index in [1.54, 1.807) is 0 Å². The highest BCUT2D eigenvalue weighted by atomic mass is 16.7. The third-order valence-electron chi connectivity index (χ3n) is 7.53. The van der Waals surface area contributed by atoms with Gasteiger partial charge in [0, 0.05) is 18.5 Å². The topological polar surface area (TPSA) is 67.9 Å². The largest absolute Gasteiger partial charge is 0.454 e. The van der Waals surface area contributed by atoms with Gasteiger partial charge in [0.15, 0.2) is 11.5 Å². The Morgan fingerprint density at radius 2 is 1.73 bits per heavy atom. The molecule has 192 valence electrons. The summed E-state index contributed by atoms with van der Waals surface area (Å²) in [5.74, 6) is 1.65. The summed E-state index contributed by atoms with van der Waals surface area (Å²) in [7, 11) is 4.05. The van der Waals surface area contributed by atoms with Gasteiger partial charge < -0.3 is 19.7 Å².